The molecule has 1 aliphatic rings. The van der Waals surface area contributed by atoms with Crippen molar-refractivity contribution in [2.24, 2.45) is 0 Å². The van der Waals surface area contributed by atoms with Crippen LogP contribution in [-0.2, 0) is 13.8 Å². The summed E-state index contributed by atoms with van der Waals surface area (Å²) in [6, 6.07) is 0. The van der Waals surface area contributed by atoms with Gasteiger partial charge in [0.25, 0.3) is 0 Å². The van der Waals surface area contributed by atoms with Gasteiger partial charge in [0, 0.05) is 0 Å². The second-order valence-corrected chi connectivity index (χ2v) is 4.03. The highest BCUT2D eigenvalue weighted by atomic mass is 31.2. The van der Waals surface area contributed by atoms with E-state index in [1.165, 1.54) is 0 Å². The summed E-state index contributed by atoms with van der Waals surface area (Å²) in [5, 5.41) is 17.9. The van der Waals surface area contributed by atoms with Crippen LogP contribution in [0.1, 0.15) is 0 Å². The molecule has 0 amide bonds. The zero-order valence-electron chi connectivity index (χ0n) is 6.86. The van der Waals surface area contributed by atoms with Crippen LogP contribution >= 0.6 is 7.82 Å². The molecule has 2 unspecified atom stereocenters. The molecule has 0 aromatic heterocycles. The minimum absolute atomic E-state index is 0.692. The van der Waals surface area contributed by atoms with E-state index in [9.17, 15) is 8.96 Å². The lowest BCUT2D eigenvalue weighted by Gasteiger charge is -2.14. The predicted molar refractivity (Wildman–Crippen MR) is 39.8 cm³/mol. The number of halogens is 1. The number of aliphatic hydroxyl groups is 2. The number of phosphoric acid groups is 1. The van der Waals surface area contributed by atoms with Gasteiger partial charge in [-0.1, -0.05) is 0 Å². The lowest BCUT2D eigenvalue weighted by molar-refractivity contribution is -0.0816. The SMILES string of the molecule is O=P(O)(O)OC[C@H]1O[C@@H](F)C(O)C1O. The van der Waals surface area contributed by atoms with Gasteiger partial charge in [0.2, 0.25) is 6.36 Å². The molecule has 0 saturated carbocycles. The van der Waals surface area contributed by atoms with Crippen molar-refractivity contribution < 1.29 is 38.2 Å². The van der Waals surface area contributed by atoms with E-state index >= 15 is 0 Å². The van der Waals surface area contributed by atoms with Crippen LogP contribution in [0, 0.1) is 0 Å². The molecule has 0 aliphatic carbocycles. The first-order valence-corrected chi connectivity index (χ1v) is 5.20. The summed E-state index contributed by atoms with van der Waals surface area (Å²) < 4.78 is 31.1. The largest absolute Gasteiger partial charge is 0.469 e. The van der Waals surface area contributed by atoms with Crippen LogP contribution in [0.4, 0.5) is 4.39 Å². The Balaban J connectivity index is 2.44. The first kappa shape index (κ1) is 12.0. The van der Waals surface area contributed by atoms with Crippen molar-refractivity contribution in [3.05, 3.63) is 0 Å². The third-order valence-electron chi connectivity index (χ3n) is 1.71. The lowest BCUT2D eigenvalue weighted by Crippen LogP contribution is -2.33. The van der Waals surface area contributed by atoms with Gasteiger partial charge in [-0.05, 0) is 0 Å². The molecule has 0 radical (unpaired) electrons. The Morgan fingerprint density at radius 2 is 1.93 bits per heavy atom. The van der Waals surface area contributed by atoms with Crippen LogP contribution in [0.15, 0.2) is 0 Å². The fourth-order valence-electron chi connectivity index (χ4n) is 1.01. The molecule has 4 atom stereocenters. The number of rotatable bonds is 3. The van der Waals surface area contributed by atoms with E-state index in [-0.39, 0.29) is 0 Å². The van der Waals surface area contributed by atoms with Gasteiger partial charge in [0.05, 0.1) is 6.61 Å². The third kappa shape index (κ3) is 2.96. The molecule has 1 fully saturated rings. The van der Waals surface area contributed by atoms with Crippen molar-refractivity contribution in [2.75, 3.05) is 6.61 Å². The maximum absolute atomic E-state index is 12.6. The summed E-state index contributed by atoms with van der Waals surface area (Å²) in [6.07, 6.45) is -6.64. The average molecular weight is 232 g/mol. The second kappa shape index (κ2) is 4.19. The van der Waals surface area contributed by atoms with Gasteiger partial charge in [-0.2, -0.15) is 0 Å². The average Bonchev–Trinajstić information content (AvgIpc) is 2.28. The van der Waals surface area contributed by atoms with Crippen LogP contribution < -0.4 is 0 Å². The van der Waals surface area contributed by atoms with Gasteiger partial charge >= 0.3 is 7.82 Å². The predicted octanol–water partition coefficient (Wildman–Crippen LogP) is -1.49. The Hall–Kier alpha value is -0.0800. The summed E-state index contributed by atoms with van der Waals surface area (Å²) in [5.74, 6) is 0. The van der Waals surface area contributed by atoms with Crippen molar-refractivity contribution in [2.45, 2.75) is 24.7 Å². The van der Waals surface area contributed by atoms with Crippen molar-refractivity contribution >= 4 is 7.82 Å². The van der Waals surface area contributed by atoms with Crippen LogP contribution in [0.2, 0.25) is 0 Å². The quantitative estimate of drug-likeness (QED) is 0.438. The Morgan fingerprint density at radius 1 is 1.36 bits per heavy atom. The maximum Gasteiger partial charge on any atom is 0.469 e. The van der Waals surface area contributed by atoms with Crippen molar-refractivity contribution in [1.82, 2.24) is 0 Å². The molecule has 84 valence electrons. The molecule has 0 aromatic carbocycles. The summed E-state index contributed by atoms with van der Waals surface area (Å²) in [4.78, 5) is 16.6. The Morgan fingerprint density at radius 3 is 2.29 bits per heavy atom. The van der Waals surface area contributed by atoms with Crippen molar-refractivity contribution in [3.63, 3.8) is 0 Å². The molecule has 0 aromatic rings. The normalized spacial score (nSPS) is 38.9. The lowest BCUT2D eigenvalue weighted by atomic mass is 10.1. The van der Waals surface area contributed by atoms with Crippen LogP contribution in [0.3, 0.4) is 0 Å². The summed E-state index contributed by atoms with van der Waals surface area (Å²) in [7, 11) is -4.68. The standard InChI is InChI=1S/C5H10FO7P/c6-5-4(8)3(7)2(13-5)1-12-14(9,10)11/h2-5,7-8H,1H2,(H2,9,10,11)/t2-,3?,4?,5-/m1/s1. The monoisotopic (exact) mass is 232 g/mol. The first-order chi connectivity index (χ1) is 6.31. The minimum atomic E-state index is -4.68. The van der Waals surface area contributed by atoms with E-state index in [1.807, 2.05) is 0 Å². The van der Waals surface area contributed by atoms with Crippen LogP contribution in [-0.4, -0.2) is 51.3 Å². The van der Waals surface area contributed by atoms with E-state index in [0.717, 1.165) is 0 Å². The highest BCUT2D eigenvalue weighted by Crippen LogP contribution is 2.37. The van der Waals surface area contributed by atoms with Crippen molar-refractivity contribution in [3.8, 4) is 0 Å². The van der Waals surface area contributed by atoms with Crippen molar-refractivity contribution in [1.29, 1.82) is 0 Å². The van der Waals surface area contributed by atoms with E-state index in [4.69, 9.17) is 20.0 Å². The zero-order chi connectivity index (χ0) is 10.9. The Labute approximate surface area is 78.3 Å². The topological polar surface area (TPSA) is 116 Å². The van der Waals surface area contributed by atoms with Gasteiger partial charge in [0.1, 0.15) is 18.3 Å². The highest BCUT2D eigenvalue weighted by molar-refractivity contribution is 7.46. The number of hydrogen-bond acceptors (Lipinski definition) is 5. The first-order valence-electron chi connectivity index (χ1n) is 3.67. The number of phosphoric ester groups is 1. The third-order valence-corrected chi connectivity index (χ3v) is 2.20. The molecule has 14 heavy (non-hydrogen) atoms. The van der Waals surface area contributed by atoms with Gasteiger partial charge in [-0.15, -0.1) is 0 Å². The molecule has 0 spiro atoms. The molecule has 1 rings (SSSR count). The molecule has 1 saturated heterocycles. The molecule has 9 heteroatoms. The van der Waals surface area contributed by atoms with E-state index in [2.05, 4.69) is 9.26 Å². The molecule has 1 aliphatic heterocycles. The molecule has 0 bridgehead atoms. The summed E-state index contributed by atoms with van der Waals surface area (Å²) in [6.45, 7) is -0.692. The van der Waals surface area contributed by atoms with Crippen LogP contribution in [0.5, 0.6) is 0 Å². The Bertz CT molecular complexity index is 242. The van der Waals surface area contributed by atoms with Gasteiger partial charge in [-0.25, -0.2) is 8.96 Å². The van der Waals surface area contributed by atoms with Gasteiger partial charge in [-0.3, -0.25) is 4.52 Å². The summed E-state index contributed by atoms with van der Waals surface area (Å²) >= 11 is 0. The van der Waals surface area contributed by atoms with Crippen LogP contribution in [0.25, 0.3) is 0 Å². The fraction of sp³-hybridized carbons (Fsp3) is 1.00. The van der Waals surface area contributed by atoms with E-state index < -0.39 is 39.1 Å². The van der Waals surface area contributed by atoms with Gasteiger partial charge < -0.3 is 24.7 Å². The van der Waals surface area contributed by atoms with E-state index in [0.29, 0.717) is 0 Å². The number of aliphatic hydroxyl groups excluding tert-OH is 2. The number of hydrogen-bond donors (Lipinski definition) is 4. The molecule has 1 heterocycles. The fourth-order valence-corrected chi connectivity index (χ4v) is 1.35. The molecular formula is C5H10FO7P. The smallest absolute Gasteiger partial charge is 0.387 e. The van der Waals surface area contributed by atoms with Gasteiger partial charge in [0.15, 0.2) is 0 Å². The molecule has 4 N–H and O–H groups in total. The minimum Gasteiger partial charge on any atom is -0.387 e. The highest BCUT2D eigenvalue weighted by Gasteiger charge is 2.43. The molecular weight excluding hydrogens is 222 g/mol. The zero-order valence-corrected chi connectivity index (χ0v) is 7.75. The second-order valence-electron chi connectivity index (χ2n) is 2.79. The Kier molecular flexibility index (Phi) is 3.59. The number of alkyl halides is 1. The maximum atomic E-state index is 12.6. The summed E-state index contributed by atoms with van der Waals surface area (Å²) in [5.41, 5.74) is 0. The molecule has 7 nitrogen and oxygen atoms in total. The number of ether oxygens (including phenoxy) is 1. The van der Waals surface area contributed by atoms with E-state index in [1.54, 1.807) is 0 Å².